The van der Waals surface area contributed by atoms with Gasteiger partial charge in [0.25, 0.3) is 0 Å². The van der Waals surface area contributed by atoms with Crippen molar-refractivity contribution in [2.75, 3.05) is 26.2 Å². The van der Waals surface area contributed by atoms with Gasteiger partial charge in [0.15, 0.2) is 0 Å². The molecule has 2 N–H and O–H groups in total. The van der Waals surface area contributed by atoms with Crippen LogP contribution in [0.3, 0.4) is 0 Å². The summed E-state index contributed by atoms with van der Waals surface area (Å²) in [6.45, 7) is 6.01. The molecule has 3 heteroatoms. The number of nitrogens with two attached hydrogens (primary N) is 1. The van der Waals surface area contributed by atoms with Gasteiger partial charge in [0.1, 0.15) is 0 Å². The molecule has 0 unspecified atom stereocenters. The predicted molar refractivity (Wildman–Crippen MR) is 112 cm³/mol. The Morgan fingerprint density at radius 3 is 2.32 bits per heavy atom. The van der Waals surface area contributed by atoms with Gasteiger partial charge in [-0.25, -0.2) is 0 Å². The van der Waals surface area contributed by atoms with Crippen LogP contribution in [0.4, 0.5) is 0 Å². The average molecular weight is 348 g/mol. The monoisotopic (exact) mass is 347 g/mol. The van der Waals surface area contributed by atoms with Crippen LogP contribution in [0.15, 0.2) is 29.3 Å². The maximum Gasteiger partial charge on any atom is 0.0990 e. The molecule has 1 aliphatic rings. The van der Waals surface area contributed by atoms with E-state index in [1.165, 1.54) is 70.0 Å². The minimum absolute atomic E-state index is 0.737. The summed E-state index contributed by atoms with van der Waals surface area (Å²) >= 11 is 0. The molecule has 0 bridgehead atoms. The number of unbranched alkanes of at least 4 members (excludes halogenated alkanes) is 8. The van der Waals surface area contributed by atoms with E-state index in [2.05, 4.69) is 41.1 Å². The largest absolute Gasteiger partial charge is 0.357 e. The molecule has 144 valence electrons. The second-order valence-corrected chi connectivity index (χ2v) is 7.05. The molecule has 0 amide bonds. The van der Waals surface area contributed by atoms with Gasteiger partial charge in [0.05, 0.1) is 12.4 Å². The molecular formula is C22H41N3. The van der Waals surface area contributed by atoms with E-state index in [-0.39, 0.29) is 0 Å². The zero-order valence-electron chi connectivity index (χ0n) is 16.6. The number of nitrogens with zero attached hydrogens (tertiary/aromatic N) is 2. The van der Waals surface area contributed by atoms with Crippen molar-refractivity contribution in [3.8, 4) is 0 Å². The fourth-order valence-electron chi connectivity index (χ4n) is 3.26. The van der Waals surface area contributed by atoms with Crippen LogP contribution in [0.5, 0.6) is 0 Å². The van der Waals surface area contributed by atoms with Gasteiger partial charge in [0, 0.05) is 26.1 Å². The van der Waals surface area contributed by atoms with E-state index in [9.17, 15) is 0 Å². The quantitative estimate of drug-likeness (QED) is 0.297. The van der Waals surface area contributed by atoms with Crippen LogP contribution >= 0.6 is 0 Å². The van der Waals surface area contributed by atoms with E-state index < -0.39 is 0 Å². The van der Waals surface area contributed by atoms with Gasteiger partial charge in [-0.2, -0.15) is 0 Å². The van der Waals surface area contributed by atoms with Gasteiger partial charge >= 0.3 is 0 Å². The lowest BCUT2D eigenvalue weighted by atomic mass is 10.1. The molecule has 0 aromatic heterocycles. The van der Waals surface area contributed by atoms with Gasteiger partial charge in [-0.1, -0.05) is 63.3 Å². The molecule has 0 aliphatic carbocycles. The molecule has 0 aromatic rings. The molecule has 3 nitrogen and oxygen atoms in total. The highest BCUT2D eigenvalue weighted by molar-refractivity contribution is 5.83. The zero-order chi connectivity index (χ0) is 18.0. The van der Waals surface area contributed by atoms with Gasteiger partial charge in [-0.05, 0) is 38.5 Å². The summed E-state index contributed by atoms with van der Waals surface area (Å²) in [5.74, 6) is 1.30. The van der Waals surface area contributed by atoms with Crippen molar-refractivity contribution in [3.05, 3.63) is 24.3 Å². The van der Waals surface area contributed by atoms with Crippen LogP contribution in [0.2, 0.25) is 0 Å². The Morgan fingerprint density at radius 2 is 1.60 bits per heavy atom. The lowest BCUT2D eigenvalue weighted by Gasteiger charge is -2.19. The van der Waals surface area contributed by atoms with E-state index in [0.717, 1.165) is 39.0 Å². The smallest absolute Gasteiger partial charge is 0.0990 e. The maximum atomic E-state index is 5.65. The standard InChI is InChI=1S/C22H41N3/c1-2-3-4-5-6-7-8-9-10-11-12-13-14-15-16-17-22-24-19-21-25(22)20-18-23/h6-7,9-10H,2-5,8,11-21,23H2,1H3. The molecule has 0 saturated heterocycles. The van der Waals surface area contributed by atoms with Crippen LogP contribution in [0, 0.1) is 0 Å². The van der Waals surface area contributed by atoms with Crippen molar-refractivity contribution in [1.82, 2.24) is 4.90 Å². The summed E-state index contributed by atoms with van der Waals surface area (Å²) in [5, 5.41) is 0. The number of hydrogen-bond donors (Lipinski definition) is 1. The Bertz CT molecular complexity index is 385. The van der Waals surface area contributed by atoms with Crippen molar-refractivity contribution >= 4 is 5.84 Å². The highest BCUT2D eigenvalue weighted by Crippen LogP contribution is 2.12. The highest BCUT2D eigenvalue weighted by atomic mass is 15.2. The van der Waals surface area contributed by atoms with Crippen molar-refractivity contribution < 1.29 is 0 Å². The van der Waals surface area contributed by atoms with E-state index in [0.29, 0.717) is 0 Å². The van der Waals surface area contributed by atoms with Crippen LogP contribution < -0.4 is 5.73 Å². The summed E-state index contributed by atoms with van der Waals surface area (Å²) in [4.78, 5) is 6.98. The molecule has 1 aliphatic heterocycles. The highest BCUT2D eigenvalue weighted by Gasteiger charge is 2.14. The Labute approximate surface area is 156 Å². The van der Waals surface area contributed by atoms with Crippen LogP contribution in [-0.2, 0) is 0 Å². The Hall–Kier alpha value is -1.09. The third-order valence-corrected chi connectivity index (χ3v) is 4.78. The lowest BCUT2D eigenvalue weighted by Crippen LogP contribution is -2.32. The van der Waals surface area contributed by atoms with Crippen molar-refractivity contribution in [3.63, 3.8) is 0 Å². The minimum Gasteiger partial charge on any atom is -0.357 e. The van der Waals surface area contributed by atoms with Crippen molar-refractivity contribution in [2.24, 2.45) is 10.7 Å². The zero-order valence-corrected chi connectivity index (χ0v) is 16.6. The Morgan fingerprint density at radius 1 is 0.920 bits per heavy atom. The summed E-state index contributed by atoms with van der Waals surface area (Å²) in [7, 11) is 0. The van der Waals surface area contributed by atoms with Crippen LogP contribution in [0.25, 0.3) is 0 Å². The first kappa shape index (κ1) is 22.0. The number of allylic oxidation sites excluding steroid dienone is 4. The van der Waals surface area contributed by atoms with Crippen molar-refractivity contribution in [2.45, 2.75) is 84.0 Å². The first-order valence-corrected chi connectivity index (χ1v) is 10.7. The summed E-state index contributed by atoms with van der Waals surface area (Å²) < 4.78 is 0. The third-order valence-electron chi connectivity index (χ3n) is 4.78. The fourth-order valence-corrected chi connectivity index (χ4v) is 3.26. The van der Waals surface area contributed by atoms with Crippen LogP contribution in [-0.4, -0.2) is 36.9 Å². The number of hydrogen-bond acceptors (Lipinski definition) is 3. The summed E-state index contributed by atoms with van der Waals surface area (Å²) in [6, 6.07) is 0. The van der Waals surface area contributed by atoms with Crippen LogP contribution in [0.1, 0.15) is 84.0 Å². The molecule has 0 spiro atoms. The Balaban J connectivity index is 1.86. The van der Waals surface area contributed by atoms with E-state index in [1.54, 1.807) is 0 Å². The number of amidine groups is 1. The number of aliphatic imine (C=N–C) groups is 1. The summed E-state index contributed by atoms with van der Waals surface area (Å²) in [6.07, 6.45) is 24.7. The molecule has 1 heterocycles. The molecule has 0 saturated carbocycles. The first-order chi connectivity index (χ1) is 12.4. The molecule has 0 fully saturated rings. The molecular weight excluding hydrogens is 306 g/mol. The average Bonchev–Trinajstić information content (AvgIpc) is 3.06. The normalized spacial score (nSPS) is 15.0. The SMILES string of the molecule is CCCCCC=CCC=CCCCCCCCC1=NCCN1CCN. The second kappa shape index (κ2) is 16.4. The molecule has 1 rings (SSSR count). The van der Waals surface area contributed by atoms with Gasteiger partial charge in [0.2, 0.25) is 0 Å². The second-order valence-electron chi connectivity index (χ2n) is 7.05. The van der Waals surface area contributed by atoms with Gasteiger partial charge < -0.3 is 10.6 Å². The third kappa shape index (κ3) is 12.0. The summed E-state index contributed by atoms with van der Waals surface area (Å²) in [5.41, 5.74) is 5.65. The Kier molecular flexibility index (Phi) is 14.4. The van der Waals surface area contributed by atoms with Gasteiger partial charge in [-0.15, -0.1) is 0 Å². The maximum absolute atomic E-state index is 5.65. The van der Waals surface area contributed by atoms with E-state index >= 15 is 0 Å². The molecule has 0 radical (unpaired) electrons. The lowest BCUT2D eigenvalue weighted by molar-refractivity contribution is 0.456. The predicted octanol–water partition coefficient (Wildman–Crippen LogP) is 5.47. The molecule has 0 aromatic carbocycles. The number of rotatable bonds is 16. The fraction of sp³-hybridized carbons (Fsp3) is 0.773. The van der Waals surface area contributed by atoms with Gasteiger partial charge in [-0.3, -0.25) is 4.99 Å². The topological polar surface area (TPSA) is 41.6 Å². The van der Waals surface area contributed by atoms with E-state index in [1.807, 2.05) is 0 Å². The molecule has 0 atom stereocenters. The van der Waals surface area contributed by atoms with E-state index in [4.69, 9.17) is 5.73 Å². The first-order valence-electron chi connectivity index (χ1n) is 10.7. The minimum atomic E-state index is 0.737. The van der Waals surface area contributed by atoms with Crippen molar-refractivity contribution in [1.29, 1.82) is 0 Å². The molecule has 25 heavy (non-hydrogen) atoms.